The van der Waals surface area contributed by atoms with Gasteiger partial charge in [-0.1, -0.05) is 5.16 Å². The summed E-state index contributed by atoms with van der Waals surface area (Å²) in [5, 5.41) is 25.8. The Morgan fingerprint density at radius 3 is 2.68 bits per heavy atom. The number of anilines is 1. The Labute approximate surface area is 199 Å². The van der Waals surface area contributed by atoms with Gasteiger partial charge >= 0.3 is 17.9 Å². The molecular formula is C18H19N5O9S2. The number of hydrogen-bond acceptors (Lipinski definition) is 12. The van der Waals surface area contributed by atoms with Crippen LogP contribution in [-0.2, 0) is 33.5 Å². The first-order valence-corrected chi connectivity index (χ1v) is 11.7. The number of amides is 2. The monoisotopic (exact) mass is 513 g/mol. The van der Waals surface area contributed by atoms with Crippen molar-refractivity contribution in [3.63, 3.8) is 0 Å². The van der Waals surface area contributed by atoms with Crippen molar-refractivity contribution in [2.24, 2.45) is 11.1 Å². The third-order valence-electron chi connectivity index (χ3n) is 5.56. The summed E-state index contributed by atoms with van der Waals surface area (Å²) in [5.41, 5.74) is 1.31. The van der Waals surface area contributed by atoms with Gasteiger partial charge in [-0.25, -0.2) is 14.6 Å². The van der Waals surface area contributed by atoms with E-state index >= 15 is 0 Å². The minimum Gasteiger partial charge on any atom is -0.478 e. The lowest BCUT2D eigenvalue weighted by Gasteiger charge is -2.56. The zero-order valence-electron chi connectivity index (χ0n) is 17.7. The molecule has 1 aromatic heterocycles. The lowest BCUT2D eigenvalue weighted by atomic mass is 9.89. The molecule has 14 nitrogen and oxygen atoms in total. The highest BCUT2D eigenvalue weighted by atomic mass is 32.2. The number of nitrogens with zero attached hydrogens (tertiary/aromatic N) is 3. The second-order valence-electron chi connectivity index (χ2n) is 8.18. The van der Waals surface area contributed by atoms with E-state index in [1.165, 1.54) is 31.0 Å². The number of carboxylic acid groups (broad SMARTS) is 2. The second-order valence-corrected chi connectivity index (χ2v) is 10.2. The van der Waals surface area contributed by atoms with Crippen molar-refractivity contribution in [3.8, 4) is 0 Å². The number of fused-ring (bicyclic) bond motifs is 3. The Balaban J connectivity index is 1.57. The molecule has 4 unspecified atom stereocenters. The van der Waals surface area contributed by atoms with Crippen LogP contribution in [0.4, 0.5) is 5.13 Å². The van der Waals surface area contributed by atoms with Crippen molar-refractivity contribution < 1.29 is 43.8 Å². The Morgan fingerprint density at radius 2 is 2.09 bits per heavy atom. The van der Waals surface area contributed by atoms with Crippen LogP contribution in [0.25, 0.3) is 0 Å². The van der Waals surface area contributed by atoms with Gasteiger partial charge in [0.15, 0.2) is 10.8 Å². The van der Waals surface area contributed by atoms with Crippen LogP contribution in [0.15, 0.2) is 10.5 Å². The first-order chi connectivity index (χ1) is 15.9. The van der Waals surface area contributed by atoms with Crippen LogP contribution >= 0.6 is 23.1 Å². The second kappa shape index (κ2) is 8.12. The molecule has 1 aromatic rings. The molecule has 0 aromatic carbocycles. The summed E-state index contributed by atoms with van der Waals surface area (Å²) in [7, 11) is 0. The minimum atomic E-state index is -2.11. The zero-order chi connectivity index (χ0) is 25.0. The predicted molar refractivity (Wildman–Crippen MR) is 115 cm³/mol. The third-order valence-corrected chi connectivity index (χ3v) is 7.65. The lowest BCUT2D eigenvalue weighted by molar-refractivity contribution is -0.215. The molecule has 0 spiro atoms. The number of rotatable bonds is 7. The summed E-state index contributed by atoms with van der Waals surface area (Å²) < 4.78 is 5.11. The molecule has 3 aliphatic rings. The first-order valence-electron chi connectivity index (χ1n) is 9.80. The lowest BCUT2D eigenvalue weighted by Crippen LogP contribution is -2.80. The Bertz CT molecular complexity index is 1130. The number of nitrogen functional groups attached to an aromatic ring is 1. The summed E-state index contributed by atoms with van der Waals surface area (Å²) in [5.74, 6) is -5.69. The van der Waals surface area contributed by atoms with Gasteiger partial charge in [0, 0.05) is 17.1 Å². The summed E-state index contributed by atoms with van der Waals surface area (Å²) >= 11 is 2.21. The van der Waals surface area contributed by atoms with Crippen molar-refractivity contribution in [1.29, 1.82) is 0 Å². The summed E-state index contributed by atoms with van der Waals surface area (Å²) in [6.07, 6.45) is -0.133. The van der Waals surface area contributed by atoms with Crippen molar-refractivity contribution in [2.45, 2.75) is 43.0 Å². The number of oxime groups is 1. The van der Waals surface area contributed by atoms with Gasteiger partial charge in [-0.2, -0.15) is 0 Å². The number of thiazole rings is 1. The van der Waals surface area contributed by atoms with E-state index in [2.05, 4.69) is 15.5 Å². The molecule has 0 bridgehead atoms. The fourth-order valence-corrected chi connectivity index (χ4v) is 5.83. The number of esters is 1. The average molecular weight is 514 g/mol. The van der Waals surface area contributed by atoms with E-state index in [1.54, 1.807) is 0 Å². The highest BCUT2D eigenvalue weighted by molar-refractivity contribution is 8.00. The van der Waals surface area contributed by atoms with Gasteiger partial charge in [0.2, 0.25) is 5.60 Å². The molecule has 34 heavy (non-hydrogen) atoms. The number of aliphatic carboxylic acids is 2. The Morgan fingerprint density at radius 1 is 1.38 bits per heavy atom. The standard InChI is InChI=1S/C18H19N5O9S2/c1-17(2,14(27)28)32-22-9(7-5-34-16(19)20-7)11(25)21-10-12(26)23-13(10)33-4-6-3-8(24)31-18(6,23)15(29)30/h5-6,10,13H,3-4H2,1-2H3,(H2,19,20)(H,21,25)(H,27,28)(H,29,30)/b22-9+. The largest absolute Gasteiger partial charge is 0.478 e. The molecule has 0 saturated carbocycles. The fraction of sp³-hybridized carbons (Fsp3) is 0.500. The molecule has 3 aliphatic heterocycles. The number of nitrogens with two attached hydrogens (primary N) is 1. The molecule has 4 heterocycles. The van der Waals surface area contributed by atoms with E-state index in [0.717, 1.165) is 16.2 Å². The van der Waals surface area contributed by atoms with E-state index in [4.69, 9.17) is 15.3 Å². The van der Waals surface area contributed by atoms with Gasteiger partial charge in [-0.3, -0.25) is 19.3 Å². The Kier molecular flexibility index (Phi) is 5.67. The number of thioether (sulfide) groups is 1. The van der Waals surface area contributed by atoms with Crippen molar-refractivity contribution in [3.05, 3.63) is 11.1 Å². The highest BCUT2D eigenvalue weighted by Crippen LogP contribution is 2.51. The van der Waals surface area contributed by atoms with E-state index in [-0.39, 0.29) is 23.0 Å². The molecule has 16 heteroatoms. The van der Waals surface area contributed by atoms with Crippen molar-refractivity contribution in [1.82, 2.24) is 15.2 Å². The van der Waals surface area contributed by atoms with Crippen molar-refractivity contribution >= 4 is 63.7 Å². The molecule has 182 valence electrons. The first kappa shape index (κ1) is 23.7. The van der Waals surface area contributed by atoms with Crippen LogP contribution in [0.3, 0.4) is 0 Å². The quantitative estimate of drug-likeness (QED) is 0.150. The van der Waals surface area contributed by atoms with Crippen LogP contribution in [0.5, 0.6) is 0 Å². The highest BCUT2D eigenvalue weighted by Gasteiger charge is 2.71. The van der Waals surface area contributed by atoms with E-state index < -0.39 is 64.1 Å². The Hall–Kier alpha value is -3.40. The van der Waals surface area contributed by atoms with Crippen LogP contribution in [0.2, 0.25) is 0 Å². The maximum atomic E-state index is 13.0. The molecule has 5 N–H and O–H groups in total. The normalized spacial score (nSPS) is 28.4. The van der Waals surface area contributed by atoms with Crippen LogP contribution < -0.4 is 11.1 Å². The SMILES string of the molecule is CC(C)(O/N=C(/C(=O)NC1C(=O)N2C1SCC1CC(=O)OC12C(=O)O)c1csc(N)n1)C(=O)O. The molecule has 3 fully saturated rings. The van der Waals surface area contributed by atoms with Gasteiger partial charge in [0.05, 0.1) is 6.42 Å². The van der Waals surface area contributed by atoms with Crippen LogP contribution in [0.1, 0.15) is 26.0 Å². The molecule has 0 aliphatic carbocycles. The summed E-state index contributed by atoms with van der Waals surface area (Å²) in [6, 6.07) is -1.15. The number of β-lactam (4-membered cyclic amide) rings is 1. The smallest absolute Gasteiger partial charge is 0.370 e. The summed E-state index contributed by atoms with van der Waals surface area (Å²) in [6.45, 7) is 2.45. The number of ether oxygens (including phenoxy) is 1. The van der Waals surface area contributed by atoms with Gasteiger partial charge in [0.25, 0.3) is 17.5 Å². The topological polar surface area (TPSA) is 211 Å². The maximum absolute atomic E-state index is 13.0. The van der Waals surface area contributed by atoms with Crippen LogP contribution in [0, 0.1) is 5.92 Å². The number of aromatic nitrogens is 1. The van der Waals surface area contributed by atoms with Gasteiger partial charge in [0.1, 0.15) is 17.1 Å². The predicted octanol–water partition coefficient (Wildman–Crippen LogP) is -0.947. The zero-order valence-corrected chi connectivity index (χ0v) is 19.3. The summed E-state index contributed by atoms with van der Waals surface area (Å²) in [4.78, 5) is 71.1. The van der Waals surface area contributed by atoms with Crippen LogP contribution in [-0.4, -0.2) is 84.0 Å². The molecule has 3 saturated heterocycles. The van der Waals surface area contributed by atoms with E-state index in [0.29, 0.717) is 0 Å². The van der Waals surface area contributed by atoms with E-state index in [9.17, 15) is 34.2 Å². The number of hydrogen-bond donors (Lipinski definition) is 4. The number of nitrogens with one attached hydrogen (secondary N) is 1. The number of carboxylic acids is 2. The van der Waals surface area contributed by atoms with Gasteiger partial charge in [-0.05, 0) is 13.8 Å². The maximum Gasteiger partial charge on any atom is 0.370 e. The van der Waals surface area contributed by atoms with Gasteiger partial charge < -0.3 is 30.8 Å². The fourth-order valence-electron chi connectivity index (χ4n) is 3.72. The van der Waals surface area contributed by atoms with Crippen molar-refractivity contribution in [2.75, 3.05) is 11.5 Å². The number of carbonyl (C=O) groups excluding carboxylic acids is 3. The third kappa shape index (κ3) is 3.62. The average Bonchev–Trinajstić information content (AvgIpc) is 3.33. The molecule has 4 rings (SSSR count). The molecule has 0 radical (unpaired) electrons. The van der Waals surface area contributed by atoms with E-state index in [1.807, 2.05) is 0 Å². The van der Waals surface area contributed by atoms with Gasteiger partial charge in [-0.15, -0.1) is 23.1 Å². The number of carbonyl (C=O) groups is 5. The minimum absolute atomic E-state index is 0.00657. The molecular weight excluding hydrogens is 494 g/mol. The molecule has 4 atom stereocenters. The molecule has 2 amide bonds.